The van der Waals surface area contributed by atoms with Gasteiger partial charge in [-0.3, -0.25) is 9.20 Å². The van der Waals surface area contributed by atoms with Crippen LogP contribution in [0.25, 0.3) is 5.65 Å². The Kier molecular flexibility index (Phi) is 3.01. The van der Waals surface area contributed by atoms with Gasteiger partial charge in [-0.2, -0.15) is 13.2 Å². The number of aromatic nitrogens is 2. The molecule has 2 aromatic rings. The molecule has 0 bridgehead atoms. The van der Waals surface area contributed by atoms with Gasteiger partial charge in [-0.15, -0.1) is 0 Å². The Labute approximate surface area is 112 Å². The SMILES string of the molecule is O=c1cc(C2CCCN2)nc2ccc(C(F)(F)F)cn12. The molecule has 0 amide bonds. The summed E-state index contributed by atoms with van der Waals surface area (Å²) in [6.45, 7) is 0.860. The molecule has 0 aliphatic carbocycles. The second-order valence-electron chi connectivity index (χ2n) is 4.81. The smallest absolute Gasteiger partial charge is 0.309 e. The van der Waals surface area contributed by atoms with Crippen LogP contribution in [0, 0.1) is 0 Å². The first-order chi connectivity index (χ1) is 9.45. The van der Waals surface area contributed by atoms with Crippen LogP contribution in [0.3, 0.4) is 0 Å². The maximum absolute atomic E-state index is 12.6. The summed E-state index contributed by atoms with van der Waals surface area (Å²) in [4.78, 5) is 16.2. The van der Waals surface area contributed by atoms with E-state index in [0.29, 0.717) is 5.69 Å². The van der Waals surface area contributed by atoms with Crippen LogP contribution < -0.4 is 10.9 Å². The number of rotatable bonds is 1. The number of halogens is 3. The lowest BCUT2D eigenvalue weighted by Crippen LogP contribution is -2.22. The maximum atomic E-state index is 12.6. The zero-order chi connectivity index (χ0) is 14.3. The molecule has 1 unspecified atom stereocenters. The number of hydrogen-bond donors (Lipinski definition) is 1. The van der Waals surface area contributed by atoms with E-state index in [1.807, 2.05) is 0 Å². The van der Waals surface area contributed by atoms with Crippen molar-refractivity contribution < 1.29 is 13.2 Å². The summed E-state index contributed by atoms with van der Waals surface area (Å²) < 4.78 is 38.8. The Hall–Kier alpha value is -1.89. The summed E-state index contributed by atoms with van der Waals surface area (Å²) in [7, 11) is 0. The average Bonchev–Trinajstić information content (AvgIpc) is 2.91. The van der Waals surface area contributed by atoms with Gasteiger partial charge in [-0.25, -0.2) is 4.98 Å². The van der Waals surface area contributed by atoms with E-state index in [2.05, 4.69) is 10.3 Å². The highest BCUT2D eigenvalue weighted by Crippen LogP contribution is 2.29. The van der Waals surface area contributed by atoms with Gasteiger partial charge in [0, 0.05) is 18.3 Å². The fourth-order valence-corrected chi connectivity index (χ4v) is 2.40. The van der Waals surface area contributed by atoms with Crippen molar-refractivity contribution in [2.75, 3.05) is 6.54 Å². The summed E-state index contributed by atoms with van der Waals surface area (Å²) in [5.74, 6) is 0. The molecule has 1 atom stereocenters. The van der Waals surface area contributed by atoms with Gasteiger partial charge in [0.1, 0.15) is 5.65 Å². The van der Waals surface area contributed by atoms with E-state index < -0.39 is 17.3 Å². The number of nitrogens with zero attached hydrogens (tertiary/aromatic N) is 2. The summed E-state index contributed by atoms with van der Waals surface area (Å²) in [6, 6.07) is 3.47. The van der Waals surface area contributed by atoms with E-state index in [0.717, 1.165) is 36.1 Å². The van der Waals surface area contributed by atoms with Gasteiger partial charge in [0.2, 0.25) is 0 Å². The molecule has 106 valence electrons. The van der Waals surface area contributed by atoms with Crippen LogP contribution >= 0.6 is 0 Å². The molecule has 2 aromatic heterocycles. The van der Waals surface area contributed by atoms with Gasteiger partial charge in [-0.05, 0) is 31.5 Å². The van der Waals surface area contributed by atoms with Crippen LogP contribution in [-0.4, -0.2) is 15.9 Å². The number of hydrogen-bond acceptors (Lipinski definition) is 3. The van der Waals surface area contributed by atoms with Crippen molar-refractivity contribution in [2.45, 2.75) is 25.1 Å². The quantitative estimate of drug-likeness (QED) is 0.872. The predicted octanol–water partition coefficient (Wildman–Crippen LogP) is 2.14. The zero-order valence-electron chi connectivity index (χ0n) is 10.4. The second-order valence-corrected chi connectivity index (χ2v) is 4.81. The number of fused-ring (bicyclic) bond motifs is 1. The predicted molar refractivity (Wildman–Crippen MR) is 66.4 cm³/mol. The topological polar surface area (TPSA) is 46.4 Å². The van der Waals surface area contributed by atoms with Crippen molar-refractivity contribution in [3.8, 4) is 0 Å². The molecule has 3 rings (SSSR count). The highest BCUT2D eigenvalue weighted by atomic mass is 19.4. The molecule has 7 heteroatoms. The third kappa shape index (κ3) is 2.29. The van der Waals surface area contributed by atoms with Crippen molar-refractivity contribution in [3.63, 3.8) is 0 Å². The third-order valence-corrected chi connectivity index (χ3v) is 3.42. The number of nitrogens with one attached hydrogen (secondary N) is 1. The fourth-order valence-electron chi connectivity index (χ4n) is 2.40. The summed E-state index contributed by atoms with van der Waals surface area (Å²) in [6.07, 6.45) is -1.81. The molecule has 0 saturated carbocycles. The van der Waals surface area contributed by atoms with E-state index in [1.54, 1.807) is 0 Å². The molecule has 0 spiro atoms. The van der Waals surface area contributed by atoms with E-state index >= 15 is 0 Å². The maximum Gasteiger partial charge on any atom is 0.417 e. The van der Waals surface area contributed by atoms with E-state index in [-0.39, 0.29) is 11.7 Å². The van der Waals surface area contributed by atoms with Gasteiger partial charge < -0.3 is 5.32 Å². The summed E-state index contributed by atoms with van der Waals surface area (Å²) in [5.41, 5.74) is -0.535. The Balaban J connectivity index is 2.12. The molecule has 3 heterocycles. The van der Waals surface area contributed by atoms with Crippen LogP contribution in [0.15, 0.2) is 29.2 Å². The first kappa shape index (κ1) is 13.1. The average molecular weight is 283 g/mol. The van der Waals surface area contributed by atoms with E-state index in [1.165, 1.54) is 12.1 Å². The Morgan fingerprint density at radius 3 is 2.80 bits per heavy atom. The van der Waals surface area contributed by atoms with Crippen LogP contribution in [-0.2, 0) is 6.18 Å². The van der Waals surface area contributed by atoms with Crippen LogP contribution in [0.4, 0.5) is 13.2 Å². The Morgan fingerprint density at radius 1 is 1.35 bits per heavy atom. The summed E-state index contributed by atoms with van der Waals surface area (Å²) in [5, 5.41) is 3.21. The monoisotopic (exact) mass is 283 g/mol. The van der Waals surface area contributed by atoms with Gasteiger partial charge in [0.05, 0.1) is 11.3 Å². The molecule has 1 aliphatic rings. The van der Waals surface area contributed by atoms with E-state index in [9.17, 15) is 18.0 Å². The van der Waals surface area contributed by atoms with Crippen LogP contribution in [0.2, 0.25) is 0 Å². The molecule has 0 radical (unpaired) electrons. The molecular weight excluding hydrogens is 271 g/mol. The first-order valence-corrected chi connectivity index (χ1v) is 6.29. The molecule has 1 fully saturated rings. The van der Waals surface area contributed by atoms with Gasteiger partial charge in [-0.1, -0.05) is 0 Å². The highest BCUT2D eigenvalue weighted by molar-refractivity contribution is 5.41. The molecule has 1 N–H and O–H groups in total. The van der Waals surface area contributed by atoms with Crippen LogP contribution in [0.5, 0.6) is 0 Å². The number of pyridine rings is 1. The lowest BCUT2D eigenvalue weighted by Gasteiger charge is -2.12. The van der Waals surface area contributed by atoms with Crippen molar-refractivity contribution >= 4 is 5.65 Å². The van der Waals surface area contributed by atoms with Crippen molar-refractivity contribution in [2.24, 2.45) is 0 Å². The van der Waals surface area contributed by atoms with Crippen molar-refractivity contribution in [1.29, 1.82) is 0 Å². The first-order valence-electron chi connectivity index (χ1n) is 6.29. The van der Waals surface area contributed by atoms with Crippen LogP contribution in [0.1, 0.15) is 30.1 Å². The van der Waals surface area contributed by atoms with Gasteiger partial charge in [0.15, 0.2) is 0 Å². The molecule has 20 heavy (non-hydrogen) atoms. The lowest BCUT2D eigenvalue weighted by molar-refractivity contribution is -0.137. The normalized spacial score (nSPS) is 19.6. The lowest BCUT2D eigenvalue weighted by atomic mass is 10.1. The summed E-state index contributed by atoms with van der Waals surface area (Å²) >= 11 is 0. The molecule has 1 aliphatic heterocycles. The van der Waals surface area contributed by atoms with Crippen molar-refractivity contribution in [3.05, 3.63) is 46.0 Å². The fraction of sp³-hybridized carbons (Fsp3) is 0.385. The zero-order valence-corrected chi connectivity index (χ0v) is 10.4. The Bertz CT molecular complexity index is 702. The molecule has 0 aromatic carbocycles. The van der Waals surface area contributed by atoms with Gasteiger partial charge in [0.25, 0.3) is 5.56 Å². The largest absolute Gasteiger partial charge is 0.417 e. The number of alkyl halides is 3. The third-order valence-electron chi connectivity index (χ3n) is 3.42. The molecular formula is C13H12F3N3O. The minimum Gasteiger partial charge on any atom is -0.309 e. The van der Waals surface area contributed by atoms with E-state index in [4.69, 9.17) is 0 Å². The van der Waals surface area contributed by atoms with Gasteiger partial charge >= 0.3 is 6.18 Å². The minimum absolute atomic E-state index is 0.00925. The highest BCUT2D eigenvalue weighted by Gasteiger charge is 2.31. The van der Waals surface area contributed by atoms with Crippen molar-refractivity contribution in [1.82, 2.24) is 14.7 Å². The molecule has 1 saturated heterocycles. The Morgan fingerprint density at radius 2 is 2.15 bits per heavy atom. The standard InChI is InChI=1S/C13H12F3N3O/c14-13(15,16)8-3-4-11-18-10(9-2-1-5-17-9)6-12(20)19(11)7-8/h3-4,6-7,9,17H,1-2,5H2. The second kappa shape index (κ2) is 4.59. The molecule has 4 nitrogen and oxygen atoms in total. The minimum atomic E-state index is -4.47.